The number of nitrogens with two attached hydrogens (primary N) is 1. The SMILES string of the molecule is CC(C)CCC(N)=[NH+]Cc1cccnc1.[Br-]. The molecule has 0 amide bonds. The lowest BCUT2D eigenvalue weighted by molar-refractivity contribution is -0.477. The molecule has 0 aliphatic rings. The van der Waals surface area contributed by atoms with E-state index in [-0.39, 0.29) is 17.0 Å². The van der Waals surface area contributed by atoms with Crippen LogP contribution in [0.1, 0.15) is 32.3 Å². The van der Waals surface area contributed by atoms with Crippen LogP contribution < -0.4 is 27.7 Å². The van der Waals surface area contributed by atoms with Gasteiger partial charge in [0.25, 0.3) is 0 Å². The first-order valence-corrected chi connectivity index (χ1v) is 5.42. The molecule has 4 heteroatoms. The molecule has 3 N–H and O–H groups in total. The van der Waals surface area contributed by atoms with E-state index in [0.29, 0.717) is 5.92 Å². The van der Waals surface area contributed by atoms with Crippen molar-refractivity contribution in [1.29, 1.82) is 0 Å². The van der Waals surface area contributed by atoms with Crippen LogP contribution in [0.2, 0.25) is 0 Å². The molecule has 0 atom stereocenters. The van der Waals surface area contributed by atoms with Crippen LogP contribution in [0.15, 0.2) is 24.5 Å². The van der Waals surface area contributed by atoms with Gasteiger partial charge in [-0.05, 0) is 18.4 Å². The highest BCUT2D eigenvalue weighted by Crippen LogP contribution is 2.01. The number of amidine groups is 1. The van der Waals surface area contributed by atoms with Crippen molar-refractivity contribution in [2.45, 2.75) is 33.2 Å². The van der Waals surface area contributed by atoms with Crippen molar-refractivity contribution in [1.82, 2.24) is 4.98 Å². The fourth-order valence-corrected chi connectivity index (χ4v) is 1.25. The first-order valence-electron chi connectivity index (χ1n) is 5.42. The van der Waals surface area contributed by atoms with E-state index in [0.717, 1.165) is 30.8 Å². The summed E-state index contributed by atoms with van der Waals surface area (Å²) in [5.74, 6) is 1.57. The predicted molar refractivity (Wildman–Crippen MR) is 62.2 cm³/mol. The number of pyridine rings is 1. The number of rotatable bonds is 5. The largest absolute Gasteiger partial charge is 1.00 e. The maximum Gasteiger partial charge on any atom is 0.240 e. The van der Waals surface area contributed by atoms with Crippen molar-refractivity contribution in [3.63, 3.8) is 0 Å². The average Bonchev–Trinajstić information content (AvgIpc) is 2.25. The Labute approximate surface area is 108 Å². The Bertz CT molecular complexity index is 309. The second kappa shape index (κ2) is 8.28. The molecule has 0 saturated carbocycles. The van der Waals surface area contributed by atoms with E-state index in [1.54, 1.807) is 6.20 Å². The molecule has 1 aromatic heterocycles. The summed E-state index contributed by atoms with van der Waals surface area (Å²) in [6, 6.07) is 3.97. The number of aromatic nitrogens is 1. The van der Waals surface area contributed by atoms with Crippen molar-refractivity contribution in [2.75, 3.05) is 0 Å². The second-order valence-corrected chi connectivity index (χ2v) is 4.17. The smallest absolute Gasteiger partial charge is 0.240 e. The van der Waals surface area contributed by atoms with Crippen LogP contribution in [0.4, 0.5) is 0 Å². The van der Waals surface area contributed by atoms with Gasteiger partial charge in [0.1, 0.15) is 6.54 Å². The number of hydrogen-bond donors (Lipinski definition) is 2. The Morgan fingerprint density at radius 3 is 2.81 bits per heavy atom. The second-order valence-electron chi connectivity index (χ2n) is 4.17. The molecule has 0 spiro atoms. The van der Waals surface area contributed by atoms with Crippen LogP contribution >= 0.6 is 0 Å². The molecule has 1 heterocycles. The average molecular weight is 286 g/mol. The number of nitrogens with zero attached hydrogens (tertiary/aromatic N) is 1. The minimum Gasteiger partial charge on any atom is -1.00 e. The number of halogens is 1. The maximum absolute atomic E-state index is 5.85. The summed E-state index contributed by atoms with van der Waals surface area (Å²) in [5.41, 5.74) is 7.01. The van der Waals surface area contributed by atoms with Crippen molar-refractivity contribution in [2.24, 2.45) is 11.7 Å². The Balaban J connectivity index is 0.00000225. The van der Waals surface area contributed by atoms with Gasteiger partial charge in [-0.25, -0.2) is 0 Å². The van der Waals surface area contributed by atoms with Gasteiger partial charge in [-0.15, -0.1) is 0 Å². The van der Waals surface area contributed by atoms with Gasteiger partial charge < -0.3 is 17.0 Å². The molecule has 1 rings (SSSR count). The topological polar surface area (TPSA) is 52.9 Å². The Hall–Kier alpha value is -0.900. The van der Waals surface area contributed by atoms with Crippen LogP contribution in [0.3, 0.4) is 0 Å². The number of hydrogen-bond acceptors (Lipinski definition) is 1. The van der Waals surface area contributed by atoms with Gasteiger partial charge in [0.2, 0.25) is 5.84 Å². The summed E-state index contributed by atoms with van der Waals surface area (Å²) in [4.78, 5) is 7.26. The quantitative estimate of drug-likeness (QED) is 0.463. The third kappa shape index (κ3) is 6.56. The molecule has 3 nitrogen and oxygen atoms in total. The molecule has 1 aromatic rings. The van der Waals surface area contributed by atoms with Crippen LogP contribution in [-0.2, 0) is 6.54 Å². The third-order valence-corrected chi connectivity index (χ3v) is 2.23. The van der Waals surface area contributed by atoms with Crippen LogP contribution in [-0.4, -0.2) is 10.8 Å². The Morgan fingerprint density at radius 2 is 2.25 bits per heavy atom. The molecule has 0 aliphatic carbocycles. The van der Waals surface area contributed by atoms with Gasteiger partial charge in [0.05, 0.1) is 0 Å². The fraction of sp³-hybridized carbons (Fsp3) is 0.500. The van der Waals surface area contributed by atoms with E-state index >= 15 is 0 Å². The van der Waals surface area contributed by atoms with E-state index in [2.05, 4.69) is 23.8 Å². The minimum atomic E-state index is 0. The third-order valence-electron chi connectivity index (χ3n) is 2.23. The summed E-state index contributed by atoms with van der Waals surface area (Å²) in [7, 11) is 0. The normalized spacial score (nSPS) is 11.3. The molecule has 90 valence electrons. The van der Waals surface area contributed by atoms with Gasteiger partial charge in [-0.1, -0.05) is 19.9 Å². The number of nitrogens with one attached hydrogen (secondary N) is 1. The summed E-state index contributed by atoms with van der Waals surface area (Å²) in [6.45, 7) is 5.17. The molecular formula is C12H20BrN3. The van der Waals surface area contributed by atoms with Crippen LogP contribution in [0.25, 0.3) is 0 Å². The lowest BCUT2D eigenvalue weighted by atomic mass is 10.1. The predicted octanol–water partition coefficient (Wildman–Crippen LogP) is -2.54. The lowest BCUT2D eigenvalue weighted by Gasteiger charge is -2.00. The highest BCUT2D eigenvalue weighted by molar-refractivity contribution is 5.74. The molecule has 0 radical (unpaired) electrons. The lowest BCUT2D eigenvalue weighted by Crippen LogP contribution is -3.00. The molecule has 0 unspecified atom stereocenters. The molecule has 0 saturated heterocycles. The molecule has 0 aromatic carbocycles. The van der Waals surface area contributed by atoms with Gasteiger partial charge in [0.15, 0.2) is 0 Å². The van der Waals surface area contributed by atoms with Crippen molar-refractivity contribution in [3.8, 4) is 0 Å². The van der Waals surface area contributed by atoms with E-state index in [1.165, 1.54) is 0 Å². The van der Waals surface area contributed by atoms with Crippen LogP contribution in [0, 0.1) is 5.92 Å². The Kier molecular flexibility index (Phi) is 7.81. The zero-order valence-electron chi connectivity index (χ0n) is 9.91. The first-order chi connectivity index (χ1) is 7.18. The zero-order chi connectivity index (χ0) is 11.1. The molecule has 0 fully saturated rings. The molecule has 0 aliphatic heterocycles. The summed E-state index contributed by atoms with van der Waals surface area (Å²) in [5, 5.41) is 0. The van der Waals surface area contributed by atoms with Gasteiger partial charge in [-0.2, -0.15) is 0 Å². The summed E-state index contributed by atoms with van der Waals surface area (Å²) >= 11 is 0. The van der Waals surface area contributed by atoms with Gasteiger partial charge in [0, 0.05) is 24.4 Å². The summed E-state index contributed by atoms with van der Waals surface area (Å²) in [6.07, 6.45) is 5.70. The molecule has 16 heavy (non-hydrogen) atoms. The monoisotopic (exact) mass is 285 g/mol. The van der Waals surface area contributed by atoms with E-state index in [1.807, 2.05) is 18.3 Å². The highest BCUT2D eigenvalue weighted by atomic mass is 79.9. The summed E-state index contributed by atoms with van der Waals surface area (Å²) < 4.78 is 0. The van der Waals surface area contributed by atoms with Gasteiger partial charge >= 0.3 is 0 Å². The zero-order valence-corrected chi connectivity index (χ0v) is 11.5. The van der Waals surface area contributed by atoms with Crippen molar-refractivity contribution < 1.29 is 22.0 Å². The van der Waals surface area contributed by atoms with Crippen molar-refractivity contribution in [3.05, 3.63) is 30.1 Å². The van der Waals surface area contributed by atoms with Crippen molar-refractivity contribution >= 4 is 5.84 Å². The standard InChI is InChI=1S/C12H19N3.BrH/c1-10(2)5-6-12(13)15-9-11-4-3-7-14-8-11;/h3-4,7-8,10H,5-6,9H2,1-2H3,(H2,13,15);1H. The van der Waals surface area contributed by atoms with Crippen LogP contribution in [0.5, 0.6) is 0 Å². The minimum absolute atomic E-state index is 0. The van der Waals surface area contributed by atoms with E-state index < -0.39 is 0 Å². The fourth-order valence-electron chi connectivity index (χ4n) is 1.25. The van der Waals surface area contributed by atoms with E-state index in [9.17, 15) is 0 Å². The molecule has 0 bridgehead atoms. The van der Waals surface area contributed by atoms with Gasteiger partial charge in [-0.3, -0.25) is 15.7 Å². The first kappa shape index (κ1) is 15.1. The highest BCUT2D eigenvalue weighted by Gasteiger charge is 2.01. The Morgan fingerprint density at radius 1 is 1.50 bits per heavy atom. The molecular weight excluding hydrogens is 266 g/mol. The van der Waals surface area contributed by atoms with E-state index in [4.69, 9.17) is 5.73 Å². The maximum atomic E-state index is 5.85.